The first-order valence-corrected chi connectivity index (χ1v) is 6.30. The molecule has 1 rings (SSSR count). The molecule has 1 atom stereocenters. The molecule has 7 nitrogen and oxygen atoms in total. The Morgan fingerprint density at radius 1 is 1.42 bits per heavy atom. The van der Waals surface area contributed by atoms with Crippen LogP contribution in [0.3, 0.4) is 0 Å². The molecule has 0 aliphatic heterocycles. The Morgan fingerprint density at radius 2 is 2.05 bits per heavy atom. The van der Waals surface area contributed by atoms with E-state index in [4.69, 9.17) is 5.84 Å². The van der Waals surface area contributed by atoms with Crippen LogP contribution in [0.25, 0.3) is 0 Å². The highest BCUT2D eigenvalue weighted by Gasteiger charge is 2.15. The summed E-state index contributed by atoms with van der Waals surface area (Å²) >= 11 is 0. The predicted octanol–water partition coefficient (Wildman–Crippen LogP) is 0.603. The maximum Gasteiger partial charge on any atom is 0.244 e. The van der Waals surface area contributed by atoms with Gasteiger partial charge < -0.3 is 15.6 Å². The van der Waals surface area contributed by atoms with E-state index in [1.807, 2.05) is 0 Å². The van der Waals surface area contributed by atoms with Crippen LogP contribution < -0.4 is 16.6 Å². The second kappa shape index (κ2) is 6.89. The van der Waals surface area contributed by atoms with Crippen LogP contribution in [0.5, 0.6) is 0 Å². The number of nitrogen functional groups attached to an aromatic ring is 1. The molecule has 19 heavy (non-hydrogen) atoms. The zero-order chi connectivity index (χ0) is 14.4. The first-order chi connectivity index (χ1) is 8.97. The monoisotopic (exact) mass is 266 g/mol. The summed E-state index contributed by atoms with van der Waals surface area (Å²) in [6.45, 7) is 3.84. The van der Waals surface area contributed by atoms with Crippen LogP contribution in [-0.2, 0) is 11.2 Å². The van der Waals surface area contributed by atoms with Gasteiger partial charge in [0, 0.05) is 26.6 Å². The van der Waals surface area contributed by atoms with Crippen molar-refractivity contribution in [2.24, 2.45) is 5.84 Å². The van der Waals surface area contributed by atoms with Gasteiger partial charge in [-0.1, -0.05) is 6.92 Å². The molecule has 106 valence electrons. The Bertz CT molecular complexity index is 434. The highest BCUT2D eigenvalue weighted by Crippen LogP contribution is 2.13. The van der Waals surface area contributed by atoms with Gasteiger partial charge in [-0.25, -0.2) is 15.8 Å². The summed E-state index contributed by atoms with van der Waals surface area (Å²) < 4.78 is 0. The van der Waals surface area contributed by atoms with Crippen molar-refractivity contribution >= 4 is 17.5 Å². The lowest BCUT2D eigenvalue weighted by Gasteiger charge is -2.19. The molecule has 0 saturated heterocycles. The van der Waals surface area contributed by atoms with Gasteiger partial charge in [-0.05, 0) is 13.3 Å². The van der Waals surface area contributed by atoms with Crippen molar-refractivity contribution in [1.82, 2.24) is 14.9 Å². The number of aromatic nitrogens is 2. The van der Waals surface area contributed by atoms with Gasteiger partial charge in [0.15, 0.2) is 0 Å². The number of amides is 1. The predicted molar refractivity (Wildman–Crippen MR) is 75.6 cm³/mol. The number of hydrogen-bond acceptors (Lipinski definition) is 6. The Labute approximate surface area is 113 Å². The van der Waals surface area contributed by atoms with Crippen molar-refractivity contribution in [1.29, 1.82) is 0 Å². The highest BCUT2D eigenvalue weighted by atomic mass is 16.2. The summed E-state index contributed by atoms with van der Waals surface area (Å²) in [5, 5.41) is 3.06. The summed E-state index contributed by atoms with van der Waals surface area (Å²) in [7, 11) is 3.44. The van der Waals surface area contributed by atoms with Gasteiger partial charge >= 0.3 is 0 Å². The third kappa shape index (κ3) is 4.36. The SMILES string of the molecule is CCCc1nc(NN)cc(NC(C)C(=O)N(C)C)n1. The molecule has 4 N–H and O–H groups in total. The molecule has 1 unspecified atom stereocenters. The number of nitrogens with one attached hydrogen (secondary N) is 2. The van der Waals surface area contributed by atoms with Crippen LogP contribution >= 0.6 is 0 Å². The average Bonchev–Trinajstić information content (AvgIpc) is 2.37. The van der Waals surface area contributed by atoms with Gasteiger partial charge in [-0.2, -0.15) is 0 Å². The maximum absolute atomic E-state index is 11.8. The van der Waals surface area contributed by atoms with Crippen LogP contribution in [0.15, 0.2) is 6.07 Å². The molecule has 7 heteroatoms. The van der Waals surface area contributed by atoms with Crippen LogP contribution in [0.1, 0.15) is 26.1 Å². The van der Waals surface area contributed by atoms with Gasteiger partial charge in [-0.3, -0.25) is 4.79 Å². The number of rotatable bonds is 6. The lowest BCUT2D eigenvalue weighted by atomic mass is 10.3. The molecule has 0 aliphatic carbocycles. The molecule has 0 aliphatic rings. The molecule has 1 amide bonds. The molecular weight excluding hydrogens is 244 g/mol. The summed E-state index contributed by atoms with van der Waals surface area (Å²) in [6, 6.07) is 1.32. The lowest BCUT2D eigenvalue weighted by molar-refractivity contribution is -0.129. The first-order valence-electron chi connectivity index (χ1n) is 6.30. The maximum atomic E-state index is 11.8. The van der Waals surface area contributed by atoms with Crippen LogP contribution in [-0.4, -0.2) is 40.9 Å². The fourth-order valence-electron chi connectivity index (χ4n) is 1.65. The van der Waals surface area contributed by atoms with Crippen molar-refractivity contribution in [3.8, 4) is 0 Å². The largest absolute Gasteiger partial charge is 0.358 e. The van der Waals surface area contributed by atoms with E-state index in [-0.39, 0.29) is 11.9 Å². The van der Waals surface area contributed by atoms with E-state index in [1.165, 1.54) is 4.90 Å². The fraction of sp³-hybridized carbons (Fsp3) is 0.583. The minimum absolute atomic E-state index is 0.0158. The lowest BCUT2D eigenvalue weighted by Crippen LogP contribution is -2.37. The van der Waals surface area contributed by atoms with E-state index in [0.717, 1.165) is 12.8 Å². The quantitative estimate of drug-likeness (QED) is 0.515. The van der Waals surface area contributed by atoms with Crippen molar-refractivity contribution in [3.05, 3.63) is 11.9 Å². The van der Waals surface area contributed by atoms with Gasteiger partial charge in [-0.15, -0.1) is 0 Å². The molecule has 0 bridgehead atoms. The summed E-state index contributed by atoms with van der Waals surface area (Å²) in [4.78, 5) is 21.9. The molecule has 1 aromatic heterocycles. The van der Waals surface area contributed by atoms with Gasteiger partial charge in [0.05, 0.1) is 0 Å². The zero-order valence-corrected chi connectivity index (χ0v) is 11.9. The number of nitrogens with zero attached hydrogens (tertiary/aromatic N) is 3. The molecule has 0 radical (unpaired) electrons. The van der Waals surface area contributed by atoms with Crippen molar-refractivity contribution < 1.29 is 4.79 Å². The van der Waals surface area contributed by atoms with E-state index in [0.29, 0.717) is 17.5 Å². The second-order valence-corrected chi connectivity index (χ2v) is 4.55. The van der Waals surface area contributed by atoms with Crippen LogP contribution in [0.2, 0.25) is 0 Å². The number of hydrazine groups is 1. The van der Waals surface area contributed by atoms with Crippen LogP contribution in [0, 0.1) is 0 Å². The Hall–Kier alpha value is -1.89. The second-order valence-electron chi connectivity index (χ2n) is 4.55. The molecular formula is C12H22N6O. The van der Waals surface area contributed by atoms with E-state index in [1.54, 1.807) is 27.1 Å². The number of likely N-dealkylation sites (N-methyl/N-ethyl adjacent to an activating group) is 1. The highest BCUT2D eigenvalue weighted by molar-refractivity contribution is 5.83. The van der Waals surface area contributed by atoms with E-state index < -0.39 is 0 Å². The summed E-state index contributed by atoms with van der Waals surface area (Å²) in [5.74, 6) is 7.19. The summed E-state index contributed by atoms with van der Waals surface area (Å²) in [6.07, 6.45) is 1.71. The van der Waals surface area contributed by atoms with Crippen molar-refractivity contribution in [3.63, 3.8) is 0 Å². The Balaban J connectivity index is 2.87. The number of carbonyl (C=O) groups excluding carboxylic acids is 1. The minimum Gasteiger partial charge on any atom is -0.358 e. The van der Waals surface area contributed by atoms with Gasteiger partial charge in [0.1, 0.15) is 23.5 Å². The Morgan fingerprint density at radius 3 is 2.58 bits per heavy atom. The zero-order valence-electron chi connectivity index (χ0n) is 11.9. The van der Waals surface area contributed by atoms with Gasteiger partial charge in [0.25, 0.3) is 0 Å². The first kappa shape index (κ1) is 15.2. The molecule has 0 saturated carbocycles. The van der Waals surface area contributed by atoms with Crippen molar-refractivity contribution in [2.45, 2.75) is 32.7 Å². The number of hydrogen-bond donors (Lipinski definition) is 3. The third-order valence-electron chi connectivity index (χ3n) is 2.57. The molecule has 0 aromatic carbocycles. The summed E-state index contributed by atoms with van der Waals surface area (Å²) in [5.41, 5.74) is 2.50. The van der Waals surface area contributed by atoms with Gasteiger partial charge in [0.2, 0.25) is 5.91 Å². The molecule has 1 aromatic rings. The minimum atomic E-state index is -0.356. The smallest absolute Gasteiger partial charge is 0.244 e. The molecule has 1 heterocycles. The number of carbonyl (C=O) groups is 1. The van der Waals surface area contributed by atoms with E-state index >= 15 is 0 Å². The topological polar surface area (TPSA) is 96.2 Å². The van der Waals surface area contributed by atoms with E-state index in [9.17, 15) is 4.79 Å². The fourth-order valence-corrected chi connectivity index (χ4v) is 1.65. The number of anilines is 2. The van der Waals surface area contributed by atoms with E-state index in [2.05, 4.69) is 27.6 Å². The normalized spacial score (nSPS) is 11.8. The third-order valence-corrected chi connectivity index (χ3v) is 2.57. The Kier molecular flexibility index (Phi) is 5.50. The van der Waals surface area contributed by atoms with Crippen molar-refractivity contribution in [2.75, 3.05) is 24.8 Å². The van der Waals surface area contributed by atoms with Crippen LogP contribution in [0.4, 0.5) is 11.6 Å². The molecule has 0 fully saturated rings. The number of aryl methyl sites for hydroxylation is 1. The standard InChI is InChI=1S/C12H22N6O/c1-5-6-9-15-10(7-11(16-9)17-13)14-8(2)12(19)18(3)4/h7-8H,5-6,13H2,1-4H3,(H2,14,15,16,17). The average molecular weight is 266 g/mol. The number of nitrogens with two attached hydrogens (primary N) is 1. The molecule has 0 spiro atoms.